The fourth-order valence-corrected chi connectivity index (χ4v) is 6.05. The molecule has 1 unspecified atom stereocenters. The second-order valence-electron chi connectivity index (χ2n) is 11.0. The smallest absolute Gasteiger partial charge is 0.133 e. The molecule has 184 valence electrons. The van der Waals surface area contributed by atoms with Crippen molar-refractivity contribution in [3.8, 4) is 33.6 Å². The molecule has 5 nitrogen and oxygen atoms in total. The Bertz CT molecular complexity index is 1450. The Morgan fingerprint density at radius 3 is 2.64 bits per heavy atom. The molecule has 0 bridgehead atoms. The Hall–Kier alpha value is -3.25. The number of halogens is 1. The summed E-state index contributed by atoms with van der Waals surface area (Å²) in [5, 5.41) is 3.41. The molecule has 2 aromatic carbocycles. The number of H-pyrrole nitrogens is 2. The molecule has 4 aromatic rings. The lowest BCUT2D eigenvalue weighted by Gasteiger charge is -2.22. The first-order valence-corrected chi connectivity index (χ1v) is 13.4. The Morgan fingerprint density at radius 1 is 1.06 bits per heavy atom. The van der Waals surface area contributed by atoms with Gasteiger partial charge in [0.1, 0.15) is 17.5 Å². The summed E-state index contributed by atoms with van der Waals surface area (Å²) in [7, 11) is 0. The predicted octanol–water partition coefficient (Wildman–Crippen LogP) is 6.38. The number of aryl methyl sites for hydroxylation is 2. The van der Waals surface area contributed by atoms with Gasteiger partial charge in [0, 0.05) is 28.8 Å². The van der Waals surface area contributed by atoms with Crippen molar-refractivity contribution in [3.63, 3.8) is 0 Å². The van der Waals surface area contributed by atoms with E-state index in [0.717, 1.165) is 53.7 Å². The van der Waals surface area contributed by atoms with Crippen molar-refractivity contribution < 1.29 is 4.39 Å². The lowest BCUT2D eigenvalue weighted by Crippen LogP contribution is -2.24. The summed E-state index contributed by atoms with van der Waals surface area (Å²) in [4.78, 5) is 16.4. The van der Waals surface area contributed by atoms with E-state index in [4.69, 9.17) is 4.98 Å². The van der Waals surface area contributed by atoms with Crippen LogP contribution in [0.3, 0.4) is 0 Å². The predicted molar refractivity (Wildman–Crippen MR) is 140 cm³/mol. The molecule has 6 heteroatoms. The number of fused-ring (bicyclic) bond motifs is 4. The minimum atomic E-state index is -0.242. The number of benzene rings is 2. The zero-order valence-corrected chi connectivity index (χ0v) is 20.9. The maximum Gasteiger partial charge on any atom is 0.133 e. The van der Waals surface area contributed by atoms with Gasteiger partial charge in [-0.2, -0.15) is 0 Å². The van der Waals surface area contributed by atoms with Crippen molar-refractivity contribution in [1.82, 2.24) is 25.3 Å². The standard InChI is InChI=1S/C30H32FN5/c1-3-16(2)32-15-28-33-14-27(34-28)22-8-5-18(13-25(22)31)17-4-7-21-19(10-17)6-9-26-29(21)36-30(35-26)24-12-20-11-23(20)24/h4-5,7-8,10,13-14,16,20,23-24,32H,3,6,9,11-12,15H2,1-2H3,(H,33,34)(H,35,36)/t16-,20+,23?,24+/m0/s1. The molecule has 36 heavy (non-hydrogen) atoms. The number of hydrogen-bond acceptors (Lipinski definition) is 3. The van der Waals surface area contributed by atoms with E-state index in [0.29, 0.717) is 29.8 Å². The number of hydrogen-bond donors (Lipinski definition) is 3. The van der Waals surface area contributed by atoms with Crippen molar-refractivity contribution in [3.05, 3.63) is 71.3 Å². The molecule has 3 aliphatic carbocycles. The minimum Gasteiger partial charge on any atom is -0.345 e. The summed E-state index contributed by atoms with van der Waals surface area (Å²) < 4.78 is 15.2. The normalized spacial score (nSPS) is 22.4. The third-order valence-corrected chi connectivity index (χ3v) is 8.66. The van der Waals surface area contributed by atoms with Gasteiger partial charge in [-0.05, 0) is 79.7 Å². The number of rotatable bonds is 7. The van der Waals surface area contributed by atoms with Crippen LogP contribution in [0.25, 0.3) is 33.6 Å². The summed E-state index contributed by atoms with van der Waals surface area (Å²) in [5.41, 5.74) is 8.11. The van der Waals surface area contributed by atoms with Gasteiger partial charge in [-0.1, -0.05) is 31.2 Å². The van der Waals surface area contributed by atoms with Crippen molar-refractivity contribution in [2.45, 2.75) is 64.5 Å². The van der Waals surface area contributed by atoms with Gasteiger partial charge in [-0.15, -0.1) is 0 Å². The van der Waals surface area contributed by atoms with E-state index in [2.05, 4.69) is 52.3 Å². The lowest BCUT2D eigenvalue weighted by atomic mass is 9.85. The first-order valence-electron chi connectivity index (χ1n) is 13.4. The average Bonchev–Trinajstić information content (AvgIpc) is 3.22. The molecule has 0 amide bonds. The van der Waals surface area contributed by atoms with E-state index in [-0.39, 0.29) is 5.82 Å². The summed E-state index contributed by atoms with van der Waals surface area (Å²) in [6.45, 7) is 4.93. The molecule has 7 rings (SSSR count). The Kier molecular flexibility index (Phi) is 5.14. The number of aromatic amines is 2. The van der Waals surface area contributed by atoms with Gasteiger partial charge in [0.25, 0.3) is 0 Å². The SMILES string of the molecule is CC[C@H](C)NCc1ncc(-c2ccc(-c3ccc4c(c3)CCc3[nH]c([C@@H]5C[C@H]6CC65)nc3-4)cc2F)[nH]1. The van der Waals surface area contributed by atoms with Gasteiger partial charge in [-0.3, -0.25) is 0 Å². The average molecular weight is 482 g/mol. The molecular weight excluding hydrogens is 449 g/mol. The van der Waals surface area contributed by atoms with Gasteiger partial charge in [0.05, 0.1) is 24.1 Å². The fraction of sp³-hybridized carbons (Fsp3) is 0.400. The Morgan fingerprint density at radius 2 is 1.89 bits per heavy atom. The van der Waals surface area contributed by atoms with Crippen molar-refractivity contribution in [1.29, 1.82) is 0 Å². The van der Waals surface area contributed by atoms with E-state index in [1.807, 2.05) is 12.1 Å². The van der Waals surface area contributed by atoms with Crippen LogP contribution < -0.4 is 5.32 Å². The van der Waals surface area contributed by atoms with Crippen LogP contribution in [-0.2, 0) is 19.4 Å². The fourth-order valence-electron chi connectivity index (χ4n) is 6.05. The maximum atomic E-state index is 15.2. The largest absolute Gasteiger partial charge is 0.345 e. The molecule has 2 saturated carbocycles. The van der Waals surface area contributed by atoms with Crippen molar-refractivity contribution >= 4 is 0 Å². The highest BCUT2D eigenvalue weighted by Gasteiger charge is 2.55. The zero-order chi connectivity index (χ0) is 24.4. The quantitative estimate of drug-likeness (QED) is 0.287. The van der Waals surface area contributed by atoms with Crippen LogP contribution in [0.2, 0.25) is 0 Å². The highest BCUT2D eigenvalue weighted by molar-refractivity contribution is 5.76. The number of nitrogens with zero attached hydrogens (tertiary/aromatic N) is 2. The highest BCUT2D eigenvalue weighted by Crippen LogP contribution is 2.63. The molecule has 4 atom stereocenters. The molecule has 2 aromatic heterocycles. The van der Waals surface area contributed by atoms with Gasteiger partial charge >= 0.3 is 0 Å². The van der Waals surface area contributed by atoms with Gasteiger partial charge in [-0.25, -0.2) is 14.4 Å². The molecule has 2 heterocycles. The van der Waals surface area contributed by atoms with Crippen LogP contribution in [0.4, 0.5) is 4.39 Å². The molecule has 0 spiro atoms. The number of nitrogens with one attached hydrogen (secondary N) is 3. The van der Waals surface area contributed by atoms with Crippen LogP contribution in [0.1, 0.15) is 61.9 Å². The van der Waals surface area contributed by atoms with Crippen LogP contribution in [0, 0.1) is 17.7 Å². The zero-order valence-electron chi connectivity index (χ0n) is 20.9. The lowest BCUT2D eigenvalue weighted by molar-refractivity contribution is 0.374. The van der Waals surface area contributed by atoms with E-state index < -0.39 is 0 Å². The second kappa shape index (κ2) is 8.41. The summed E-state index contributed by atoms with van der Waals surface area (Å²) >= 11 is 0. The van der Waals surface area contributed by atoms with Crippen LogP contribution in [-0.4, -0.2) is 26.0 Å². The van der Waals surface area contributed by atoms with Crippen molar-refractivity contribution in [2.24, 2.45) is 11.8 Å². The Balaban J connectivity index is 1.12. The van der Waals surface area contributed by atoms with Crippen LogP contribution >= 0.6 is 0 Å². The molecule has 2 fully saturated rings. The number of aromatic nitrogens is 4. The second-order valence-corrected chi connectivity index (χ2v) is 11.0. The minimum absolute atomic E-state index is 0.242. The first-order chi connectivity index (χ1) is 17.6. The third kappa shape index (κ3) is 3.70. The summed E-state index contributed by atoms with van der Waals surface area (Å²) in [6.07, 6.45) is 7.43. The highest BCUT2D eigenvalue weighted by atomic mass is 19.1. The number of imidazole rings is 2. The van der Waals surface area contributed by atoms with Crippen LogP contribution in [0.5, 0.6) is 0 Å². The van der Waals surface area contributed by atoms with E-state index in [1.165, 1.54) is 35.5 Å². The molecule has 3 N–H and O–H groups in total. The first kappa shape index (κ1) is 22.0. The molecule has 0 aliphatic heterocycles. The molecule has 0 radical (unpaired) electrons. The summed E-state index contributed by atoms with van der Waals surface area (Å²) in [5.74, 6) is 4.28. The Labute approximate surface area is 211 Å². The molecular formula is C30H32FN5. The van der Waals surface area contributed by atoms with Gasteiger partial charge in [0.15, 0.2) is 0 Å². The molecule has 3 aliphatic rings. The van der Waals surface area contributed by atoms with E-state index in [9.17, 15) is 0 Å². The van der Waals surface area contributed by atoms with Crippen molar-refractivity contribution in [2.75, 3.05) is 0 Å². The molecule has 0 saturated heterocycles. The van der Waals surface area contributed by atoms with E-state index in [1.54, 1.807) is 12.3 Å². The van der Waals surface area contributed by atoms with Crippen LogP contribution in [0.15, 0.2) is 42.6 Å². The van der Waals surface area contributed by atoms with Gasteiger partial charge < -0.3 is 15.3 Å². The topological polar surface area (TPSA) is 69.4 Å². The monoisotopic (exact) mass is 481 g/mol. The van der Waals surface area contributed by atoms with E-state index >= 15 is 4.39 Å². The van der Waals surface area contributed by atoms with Gasteiger partial charge in [0.2, 0.25) is 0 Å². The maximum absolute atomic E-state index is 15.2. The summed E-state index contributed by atoms with van der Waals surface area (Å²) in [6, 6.07) is 12.4. The third-order valence-electron chi connectivity index (χ3n) is 8.66.